The number of aromatic carboxylic acids is 1. The van der Waals surface area contributed by atoms with Crippen molar-refractivity contribution in [3.8, 4) is 11.8 Å². The molecular formula is C22H26N2O4. The van der Waals surface area contributed by atoms with E-state index in [4.69, 9.17) is 25.6 Å². The van der Waals surface area contributed by atoms with Crippen LogP contribution in [-0.4, -0.2) is 30.9 Å². The van der Waals surface area contributed by atoms with E-state index in [1.165, 1.54) is 12.1 Å². The molecular weight excluding hydrogens is 356 g/mol. The van der Waals surface area contributed by atoms with Crippen LogP contribution in [0.1, 0.15) is 35.7 Å². The highest BCUT2D eigenvalue weighted by Gasteiger charge is 2.01. The maximum Gasteiger partial charge on any atom is 0.335 e. The number of carboxylic acids is 1. The van der Waals surface area contributed by atoms with E-state index in [1.54, 1.807) is 36.4 Å². The first-order valence-electron chi connectivity index (χ1n) is 8.86. The number of benzene rings is 2. The van der Waals surface area contributed by atoms with Crippen LogP contribution in [0.15, 0.2) is 60.7 Å². The minimum Gasteiger partial charge on any atom is -0.494 e. The molecule has 0 saturated carbocycles. The van der Waals surface area contributed by atoms with E-state index >= 15 is 0 Å². The quantitative estimate of drug-likeness (QED) is 0.381. The molecule has 0 fully saturated rings. The lowest BCUT2D eigenvalue weighted by Crippen LogP contribution is -2.02. The molecule has 28 heavy (non-hydrogen) atoms. The standard InChI is InChI=1S/C15H20O4.C7H6N2/c1-12(2)11-18-9-3-4-10-19-14-7-5-13(6-8-14)15(16)17;8-5-6-1-3-7(9)4-2-6/h5-8H,1,3-4,9-11H2,2H3,(H,16,17);1-4H,9H2. The summed E-state index contributed by atoms with van der Waals surface area (Å²) in [6.45, 7) is 7.60. The second kappa shape index (κ2) is 13.0. The zero-order valence-corrected chi connectivity index (χ0v) is 16.1. The SMILES string of the molecule is C=C(C)COCCCCOc1ccc(C(=O)O)cc1.N#Cc1ccc(N)cc1. The average molecular weight is 382 g/mol. The van der Waals surface area contributed by atoms with Gasteiger partial charge in [0.05, 0.1) is 30.4 Å². The van der Waals surface area contributed by atoms with Gasteiger partial charge < -0.3 is 20.3 Å². The first kappa shape index (κ1) is 22.7. The van der Waals surface area contributed by atoms with Gasteiger partial charge >= 0.3 is 5.97 Å². The summed E-state index contributed by atoms with van der Waals surface area (Å²) in [5.41, 5.74) is 7.99. The van der Waals surface area contributed by atoms with Crippen LogP contribution in [0.4, 0.5) is 5.69 Å². The molecule has 0 saturated heterocycles. The average Bonchev–Trinajstić information content (AvgIpc) is 2.68. The van der Waals surface area contributed by atoms with Gasteiger partial charge in [-0.2, -0.15) is 5.26 Å². The van der Waals surface area contributed by atoms with Crippen LogP contribution in [0.5, 0.6) is 5.75 Å². The zero-order valence-electron chi connectivity index (χ0n) is 16.1. The van der Waals surface area contributed by atoms with E-state index in [1.807, 2.05) is 13.0 Å². The summed E-state index contributed by atoms with van der Waals surface area (Å²) in [6.07, 6.45) is 1.83. The summed E-state index contributed by atoms with van der Waals surface area (Å²) in [7, 11) is 0. The molecule has 0 heterocycles. The number of unbranched alkanes of at least 4 members (excludes halogenated alkanes) is 1. The molecule has 0 atom stereocenters. The molecule has 0 amide bonds. The van der Waals surface area contributed by atoms with Crippen molar-refractivity contribution in [1.82, 2.24) is 0 Å². The summed E-state index contributed by atoms with van der Waals surface area (Å²) >= 11 is 0. The van der Waals surface area contributed by atoms with E-state index in [9.17, 15) is 4.79 Å². The summed E-state index contributed by atoms with van der Waals surface area (Å²) in [5.74, 6) is -0.242. The zero-order chi connectivity index (χ0) is 20.8. The molecule has 0 bridgehead atoms. The Morgan fingerprint density at radius 2 is 1.71 bits per heavy atom. The molecule has 0 aromatic heterocycles. The largest absolute Gasteiger partial charge is 0.494 e. The van der Waals surface area contributed by atoms with Crippen molar-refractivity contribution in [2.75, 3.05) is 25.6 Å². The molecule has 2 aromatic carbocycles. The molecule has 0 radical (unpaired) electrons. The molecule has 6 heteroatoms. The highest BCUT2D eigenvalue weighted by atomic mass is 16.5. The number of hydrogen-bond acceptors (Lipinski definition) is 5. The van der Waals surface area contributed by atoms with Crippen molar-refractivity contribution < 1.29 is 19.4 Å². The smallest absolute Gasteiger partial charge is 0.335 e. The lowest BCUT2D eigenvalue weighted by atomic mass is 10.2. The number of ether oxygens (including phenoxy) is 2. The first-order chi connectivity index (χ1) is 13.4. The summed E-state index contributed by atoms with van der Waals surface area (Å²) in [6, 6.07) is 15.2. The molecule has 148 valence electrons. The van der Waals surface area contributed by atoms with Crippen LogP contribution in [0, 0.1) is 11.3 Å². The van der Waals surface area contributed by atoms with Crippen LogP contribution >= 0.6 is 0 Å². The number of nitriles is 1. The summed E-state index contributed by atoms with van der Waals surface area (Å²) in [5, 5.41) is 17.1. The van der Waals surface area contributed by atoms with E-state index in [2.05, 4.69) is 6.58 Å². The molecule has 0 aliphatic rings. The Hall–Kier alpha value is -3.30. The van der Waals surface area contributed by atoms with E-state index in [0.29, 0.717) is 36.8 Å². The maximum absolute atomic E-state index is 10.7. The predicted octanol–water partition coefficient (Wildman–Crippen LogP) is 4.28. The van der Waals surface area contributed by atoms with E-state index in [-0.39, 0.29) is 5.56 Å². The highest BCUT2D eigenvalue weighted by Crippen LogP contribution is 2.12. The molecule has 0 spiro atoms. The van der Waals surface area contributed by atoms with Gasteiger partial charge in [-0.05, 0) is 68.3 Å². The van der Waals surface area contributed by atoms with Gasteiger partial charge in [0, 0.05) is 12.3 Å². The monoisotopic (exact) mass is 382 g/mol. The third kappa shape index (κ3) is 10.00. The Labute approximate surface area is 165 Å². The number of anilines is 1. The summed E-state index contributed by atoms with van der Waals surface area (Å²) in [4.78, 5) is 10.7. The number of carbonyl (C=O) groups is 1. The number of nitrogen functional groups attached to an aromatic ring is 1. The van der Waals surface area contributed by atoms with Crippen molar-refractivity contribution in [2.45, 2.75) is 19.8 Å². The van der Waals surface area contributed by atoms with Crippen molar-refractivity contribution in [2.24, 2.45) is 0 Å². The first-order valence-corrected chi connectivity index (χ1v) is 8.86. The number of hydrogen-bond donors (Lipinski definition) is 2. The minimum atomic E-state index is -0.929. The van der Waals surface area contributed by atoms with Crippen molar-refractivity contribution >= 4 is 11.7 Å². The van der Waals surface area contributed by atoms with Gasteiger partial charge in [-0.3, -0.25) is 0 Å². The van der Waals surface area contributed by atoms with Gasteiger partial charge in [-0.15, -0.1) is 0 Å². The topological polar surface area (TPSA) is 106 Å². The van der Waals surface area contributed by atoms with Gasteiger partial charge in [0.15, 0.2) is 0 Å². The van der Waals surface area contributed by atoms with Crippen molar-refractivity contribution in [3.63, 3.8) is 0 Å². The van der Waals surface area contributed by atoms with Gasteiger partial charge in [0.25, 0.3) is 0 Å². The van der Waals surface area contributed by atoms with E-state index in [0.717, 1.165) is 18.4 Å². The Kier molecular flexibility index (Phi) is 10.5. The fraction of sp³-hybridized carbons (Fsp3) is 0.273. The van der Waals surface area contributed by atoms with Crippen molar-refractivity contribution in [1.29, 1.82) is 5.26 Å². The Balaban J connectivity index is 0.000000362. The van der Waals surface area contributed by atoms with Gasteiger partial charge in [-0.25, -0.2) is 4.79 Å². The molecule has 0 aliphatic heterocycles. The molecule has 2 aromatic rings. The predicted molar refractivity (Wildman–Crippen MR) is 109 cm³/mol. The Bertz CT molecular complexity index is 778. The fourth-order valence-electron chi connectivity index (χ4n) is 1.99. The minimum absolute atomic E-state index is 0.264. The van der Waals surface area contributed by atoms with Gasteiger partial charge in [0.2, 0.25) is 0 Å². The van der Waals surface area contributed by atoms with Crippen LogP contribution < -0.4 is 10.5 Å². The number of nitrogens with zero attached hydrogens (tertiary/aromatic N) is 1. The second-order valence-electron chi connectivity index (χ2n) is 6.13. The maximum atomic E-state index is 10.7. The van der Waals surface area contributed by atoms with Crippen LogP contribution in [0.3, 0.4) is 0 Å². The lowest BCUT2D eigenvalue weighted by Gasteiger charge is -2.07. The molecule has 0 aliphatic carbocycles. The molecule has 6 nitrogen and oxygen atoms in total. The van der Waals surface area contributed by atoms with Crippen LogP contribution in [0.2, 0.25) is 0 Å². The Morgan fingerprint density at radius 3 is 2.25 bits per heavy atom. The molecule has 3 N–H and O–H groups in total. The Morgan fingerprint density at radius 1 is 1.11 bits per heavy atom. The number of rotatable bonds is 9. The second-order valence-corrected chi connectivity index (χ2v) is 6.13. The highest BCUT2D eigenvalue weighted by molar-refractivity contribution is 5.87. The number of nitrogens with two attached hydrogens (primary N) is 1. The normalized spacial score (nSPS) is 9.57. The number of carboxylic acid groups (broad SMARTS) is 1. The van der Waals surface area contributed by atoms with Crippen molar-refractivity contribution in [3.05, 3.63) is 71.8 Å². The van der Waals surface area contributed by atoms with Gasteiger partial charge in [-0.1, -0.05) is 12.2 Å². The molecule has 2 rings (SSSR count). The van der Waals surface area contributed by atoms with Gasteiger partial charge in [0.1, 0.15) is 5.75 Å². The lowest BCUT2D eigenvalue weighted by molar-refractivity contribution is 0.0697. The van der Waals surface area contributed by atoms with Crippen LogP contribution in [0.25, 0.3) is 0 Å². The van der Waals surface area contributed by atoms with E-state index < -0.39 is 5.97 Å². The summed E-state index contributed by atoms with van der Waals surface area (Å²) < 4.78 is 10.9. The van der Waals surface area contributed by atoms with Crippen LogP contribution in [-0.2, 0) is 4.74 Å². The third-order valence-electron chi connectivity index (χ3n) is 3.44. The molecule has 0 unspecified atom stereocenters. The third-order valence-corrected chi connectivity index (χ3v) is 3.44. The fourth-order valence-corrected chi connectivity index (χ4v) is 1.99.